The third kappa shape index (κ3) is 2.58. The van der Waals surface area contributed by atoms with Crippen molar-refractivity contribution in [3.63, 3.8) is 0 Å². The van der Waals surface area contributed by atoms with Crippen LogP contribution >= 0.6 is 11.6 Å². The topological polar surface area (TPSA) is 35.0 Å². The Morgan fingerprint density at radius 1 is 1.29 bits per heavy atom. The number of ether oxygens (including phenoxy) is 1. The molecule has 0 radical (unpaired) electrons. The molecular weight excluding hydrogens is 267 g/mol. The van der Waals surface area contributed by atoms with Crippen LogP contribution in [0.25, 0.3) is 0 Å². The molecule has 0 unspecified atom stereocenters. The molecule has 1 aromatic heterocycles. The van der Waals surface area contributed by atoms with Gasteiger partial charge in [-0.1, -0.05) is 0 Å². The molecule has 0 N–H and O–H groups in total. The van der Waals surface area contributed by atoms with Crippen LogP contribution in [0.1, 0.15) is 5.69 Å². The van der Waals surface area contributed by atoms with Gasteiger partial charge in [0.15, 0.2) is 0 Å². The molecule has 0 bridgehead atoms. The van der Waals surface area contributed by atoms with Crippen molar-refractivity contribution >= 4 is 26.3 Å². The number of hydrogen-bond donors (Lipinski definition) is 0. The molecule has 2 rings (SSSR count). The van der Waals surface area contributed by atoms with Crippen molar-refractivity contribution in [2.75, 3.05) is 0 Å². The van der Waals surface area contributed by atoms with Crippen molar-refractivity contribution < 1.29 is 4.74 Å². The van der Waals surface area contributed by atoms with Gasteiger partial charge in [-0.05, 0) is 0 Å². The van der Waals surface area contributed by atoms with Crippen LogP contribution in [-0.4, -0.2) is 23.9 Å². The Hall–Kier alpha value is -0.831. The van der Waals surface area contributed by atoms with E-state index in [-0.39, 0.29) is 14.7 Å². The summed E-state index contributed by atoms with van der Waals surface area (Å²) >= 11 is 5.92. The number of halogens is 1. The van der Waals surface area contributed by atoms with Crippen molar-refractivity contribution in [1.29, 1.82) is 0 Å². The molecule has 0 aliphatic rings. The number of aromatic nitrogens is 2. The Morgan fingerprint density at radius 3 is 2.71 bits per heavy atom. The zero-order valence-electron chi connectivity index (χ0n) is 7.18. The first-order chi connectivity index (χ1) is 6.84. The summed E-state index contributed by atoms with van der Waals surface area (Å²) in [5.41, 5.74) is 0.903. The Balaban J connectivity index is 1.95. The number of rotatable bonds is 3. The first-order valence-electron chi connectivity index (χ1n) is 3.99. The van der Waals surface area contributed by atoms with Crippen molar-refractivity contribution in [1.82, 2.24) is 9.19 Å². The minimum absolute atomic E-state index is 0.179. The minimum atomic E-state index is 0.179. The quantitative estimate of drug-likeness (QED) is 0.800. The fourth-order valence-electron chi connectivity index (χ4n) is 0.935. The normalized spacial score (nSPS) is 10.1. The fourth-order valence-corrected chi connectivity index (χ4v) is 1.98. The monoisotopic (exact) mass is 274 g/mol. The van der Waals surface area contributed by atoms with Gasteiger partial charge in [0.05, 0.1) is 0 Å². The maximum absolute atomic E-state index is 5.74. The molecule has 0 spiro atoms. The number of benzene rings is 1. The molecule has 1 heterocycles. The van der Waals surface area contributed by atoms with Crippen LogP contribution in [0.15, 0.2) is 29.2 Å². The van der Waals surface area contributed by atoms with Gasteiger partial charge >= 0.3 is 92.5 Å². The molecule has 0 fully saturated rings. The van der Waals surface area contributed by atoms with E-state index in [0.29, 0.717) is 11.6 Å². The van der Waals surface area contributed by atoms with Crippen LogP contribution in [0.2, 0.25) is 5.02 Å². The summed E-state index contributed by atoms with van der Waals surface area (Å²) in [5.74, 6) is 0.796. The molecule has 0 atom stereocenters. The van der Waals surface area contributed by atoms with E-state index in [9.17, 15) is 0 Å². The van der Waals surface area contributed by atoms with E-state index in [1.165, 1.54) is 0 Å². The van der Waals surface area contributed by atoms with E-state index in [1.54, 1.807) is 12.1 Å². The average molecular weight is 274 g/mol. The summed E-state index contributed by atoms with van der Waals surface area (Å²) in [6.45, 7) is 0.479. The van der Waals surface area contributed by atoms with Crippen LogP contribution in [0.4, 0.5) is 0 Å². The van der Waals surface area contributed by atoms with E-state index < -0.39 is 0 Å². The van der Waals surface area contributed by atoms with Crippen molar-refractivity contribution in [3.8, 4) is 5.75 Å². The molecular formula is C9H7ClN2OSe. The van der Waals surface area contributed by atoms with Crippen LogP contribution < -0.4 is 4.74 Å². The molecule has 3 nitrogen and oxygen atoms in total. The Kier molecular flexibility index (Phi) is 3.19. The zero-order valence-corrected chi connectivity index (χ0v) is 9.65. The maximum atomic E-state index is 5.74. The third-order valence-electron chi connectivity index (χ3n) is 1.61. The summed E-state index contributed by atoms with van der Waals surface area (Å²) in [6, 6.07) is 7.26. The van der Waals surface area contributed by atoms with Gasteiger partial charge in [0, 0.05) is 0 Å². The van der Waals surface area contributed by atoms with Gasteiger partial charge in [-0.15, -0.1) is 0 Å². The summed E-state index contributed by atoms with van der Waals surface area (Å²) in [6.07, 6.45) is 0. The van der Waals surface area contributed by atoms with Gasteiger partial charge < -0.3 is 0 Å². The van der Waals surface area contributed by atoms with E-state index in [1.807, 2.05) is 17.1 Å². The molecule has 0 amide bonds. The number of nitrogens with zero attached hydrogens (tertiary/aromatic N) is 2. The predicted molar refractivity (Wildman–Crippen MR) is 54.8 cm³/mol. The second-order valence-corrected chi connectivity index (χ2v) is 4.35. The average Bonchev–Trinajstić information content (AvgIpc) is 2.70. The molecule has 2 aromatic rings. The molecule has 5 heteroatoms. The fraction of sp³-hybridized carbons (Fsp3) is 0.111. The van der Waals surface area contributed by atoms with Crippen LogP contribution in [0.3, 0.4) is 0 Å². The molecule has 72 valence electrons. The van der Waals surface area contributed by atoms with Gasteiger partial charge in [0.25, 0.3) is 0 Å². The van der Waals surface area contributed by atoms with Crippen LogP contribution in [0.5, 0.6) is 5.75 Å². The SMILES string of the molecule is Clc1ccc(OCc2c[se]nn2)cc1. The van der Waals surface area contributed by atoms with Crippen LogP contribution in [-0.2, 0) is 6.61 Å². The Bertz CT molecular complexity index is 388. The molecule has 0 aliphatic heterocycles. The second kappa shape index (κ2) is 4.60. The van der Waals surface area contributed by atoms with E-state index in [4.69, 9.17) is 16.3 Å². The van der Waals surface area contributed by atoms with E-state index in [0.717, 1.165) is 11.4 Å². The van der Waals surface area contributed by atoms with Gasteiger partial charge in [0.2, 0.25) is 0 Å². The molecule has 0 saturated carbocycles. The van der Waals surface area contributed by atoms with Crippen LogP contribution in [0, 0.1) is 0 Å². The Labute approximate surface area is 92.7 Å². The van der Waals surface area contributed by atoms with Crippen molar-refractivity contribution in [2.45, 2.75) is 6.61 Å². The molecule has 0 saturated heterocycles. The predicted octanol–water partition coefficient (Wildman–Crippen LogP) is 1.77. The van der Waals surface area contributed by atoms with Crippen molar-refractivity contribution in [2.24, 2.45) is 0 Å². The second-order valence-electron chi connectivity index (χ2n) is 2.64. The number of hydrogen-bond acceptors (Lipinski definition) is 3. The first-order valence-corrected chi connectivity index (χ1v) is 6.12. The summed E-state index contributed by atoms with van der Waals surface area (Å²) in [5, 5.41) is 4.64. The molecule has 14 heavy (non-hydrogen) atoms. The van der Waals surface area contributed by atoms with Gasteiger partial charge in [-0.25, -0.2) is 0 Å². The molecule has 0 aliphatic carbocycles. The summed E-state index contributed by atoms with van der Waals surface area (Å²) in [7, 11) is 0. The van der Waals surface area contributed by atoms with E-state index >= 15 is 0 Å². The summed E-state index contributed by atoms with van der Waals surface area (Å²) < 4.78 is 9.36. The van der Waals surface area contributed by atoms with Gasteiger partial charge in [-0.3, -0.25) is 0 Å². The standard InChI is InChI=1S/C9H7ClN2OSe/c10-7-1-3-9(4-2-7)13-5-8-6-14-12-11-8/h1-4,6H,5H2. The van der Waals surface area contributed by atoms with E-state index in [2.05, 4.69) is 9.19 Å². The summed E-state index contributed by atoms with van der Waals surface area (Å²) in [4.78, 5) is 2.00. The zero-order chi connectivity index (χ0) is 9.80. The van der Waals surface area contributed by atoms with Gasteiger partial charge in [0.1, 0.15) is 0 Å². The van der Waals surface area contributed by atoms with Gasteiger partial charge in [-0.2, -0.15) is 0 Å². The molecule has 1 aromatic carbocycles. The first kappa shape index (κ1) is 9.71. The third-order valence-corrected chi connectivity index (χ3v) is 3.02. The van der Waals surface area contributed by atoms with Crippen molar-refractivity contribution in [3.05, 3.63) is 39.9 Å². The Morgan fingerprint density at radius 2 is 2.07 bits per heavy atom.